The second kappa shape index (κ2) is 5.64. The van der Waals surface area contributed by atoms with Gasteiger partial charge >= 0.3 is 0 Å². The molecule has 2 aromatic rings. The molecule has 2 rings (SSSR count). The van der Waals surface area contributed by atoms with Crippen LogP contribution in [0, 0.1) is 5.41 Å². The standard InChI is InChI=1S/C16H19BrN2O2/c1-9(16(2,3)4)18-12-13(15(21)14(12)20)19-11-7-5-10(17)6-8-11/h5-9,18-19H,1-4H3. The van der Waals surface area contributed by atoms with E-state index in [-0.39, 0.29) is 11.5 Å². The van der Waals surface area contributed by atoms with E-state index in [1.807, 2.05) is 31.2 Å². The zero-order valence-corrected chi connectivity index (χ0v) is 14.2. The van der Waals surface area contributed by atoms with Gasteiger partial charge in [-0.05, 0) is 36.6 Å². The largest absolute Gasteiger partial charge is 0.377 e. The topological polar surface area (TPSA) is 58.2 Å². The number of benzene rings is 1. The highest BCUT2D eigenvalue weighted by Crippen LogP contribution is 2.26. The van der Waals surface area contributed by atoms with Gasteiger partial charge in [0, 0.05) is 16.2 Å². The maximum absolute atomic E-state index is 11.8. The van der Waals surface area contributed by atoms with E-state index in [2.05, 4.69) is 47.3 Å². The van der Waals surface area contributed by atoms with Crippen molar-refractivity contribution in [3.8, 4) is 0 Å². The van der Waals surface area contributed by atoms with Crippen LogP contribution >= 0.6 is 15.9 Å². The Balaban J connectivity index is 2.22. The van der Waals surface area contributed by atoms with E-state index in [0.29, 0.717) is 11.4 Å². The highest BCUT2D eigenvalue weighted by molar-refractivity contribution is 9.10. The smallest absolute Gasteiger partial charge is 0.253 e. The van der Waals surface area contributed by atoms with E-state index in [0.717, 1.165) is 10.2 Å². The molecule has 0 aliphatic rings. The summed E-state index contributed by atoms with van der Waals surface area (Å²) in [6.07, 6.45) is 0. The molecule has 5 heteroatoms. The highest BCUT2D eigenvalue weighted by Gasteiger charge is 2.26. The van der Waals surface area contributed by atoms with Crippen LogP contribution in [0.1, 0.15) is 27.7 Å². The van der Waals surface area contributed by atoms with Gasteiger partial charge in [-0.2, -0.15) is 0 Å². The lowest BCUT2D eigenvalue weighted by Crippen LogP contribution is -2.41. The van der Waals surface area contributed by atoms with Crippen molar-refractivity contribution < 1.29 is 0 Å². The van der Waals surface area contributed by atoms with Crippen LogP contribution in [-0.4, -0.2) is 6.04 Å². The van der Waals surface area contributed by atoms with Crippen LogP contribution < -0.4 is 21.5 Å². The Morgan fingerprint density at radius 3 is 2.05 bits per heavy atom. The van der Waals surface area contributed by atoms with Crippen LogP contribution in [-0.2, 0) is 0 Å². The van der Waals surface area contributed by atoms with Crippen molar-refractivity contribution in [1.82, 2.24) is 0 Å². The summed E-state index contributed by atoms with van der Waals surface area (Å²) in [5.74, 6) is 0. The number of halogens is 1. The first kappa shape index (κ1) is 15.8. The Morgan fingerprint density at radius 1 is 1.00 bits per heavy atom. The van der Waals surface area contributed by atoms with E-state index in [1.54, 1.807) is 0 Å². The van der Waals surface area contributed by atoms with Gasteiger partial charge < -0.3 is 10.6 Å². The van der Waals surface area contributed by atoms with Gasteiger partial charge in [-0.1, -0.05) is 36.7 Å². The fraction of sp³-hybridized carbons (Fsp3) is 0.375. The van der Waals surface area contributed by atoms with Crippen LogP contribution in [0.4, 0.5) is 17.1 Å². The Hall–Kier alpha value is -1.62. The zero-order valence-electron chi connectivity index (χ0n) is 12.6. The average molecular weight is 351 g/mol. The molecule has 1 atom stereocenters. The molecule has 0 radical (unpaired) electrons. The molecular weight excluding hydrogens is 332 g/mol. The SMILES string of the molecule is CC(Nc1c(Nc2ccc(Br)cc2)c(=O)c1=O)C(C)(C)C. The molecule has 0 saturated carbocycles. The third kappa shape index (κ3) is 3.35. The van der Waals surface area contributed by atoms with Gasteiger partial charge in [0.2, 0.25) is 0 Å². The van der Waals surface area contributed by atoms with Gasteiger partial charge in [-0.3, -0.25) is 9.59 Å². The van der Waals surface area contributed by atoms with Crippen molar-refractivity contribution in [2.75, 3.05) is 10.6 Å². The number of nitrogens with one attached hydrogen (secondary N) is 2. The minimum absolute atomic E-state index is 0.00532. The van der Waals surface area contributed by atoms with Crippen molar-refractivity contribution >= 4 is 33.0 Å². The summed E-state index contributed by atoms with van der Waals surface area (Å²) < 4.78 is 0.956. The minimum Gasteiger partial charge on any atom is -0.377 e. The molecule has 2 N–H and O–H groups in total. The molecule has 0 aliphatic heterocycles. The predicted molar refractivity (Wildman–Crippen MR) is 91.3 cm³/mol. The zero-order chi connectivity index (χ0) is 15.8. The first-order chi connectivity index (χ1) is 9.70. The molecule has 0 aromatic heterocycles. The molecule has 0 aliphatic carbocycles. The summed E-state index contributed by atoms with van der Waals surface area (Å²) in [6.45, 7) is 8.24. The molecule has 112 valence electrons. The van der Waals surface area contributed by atoms with Crippen LogP contribution in [0.15, 0.2) is 38.3 Å². The quantitative estimate of drug-likeness (QED) is 0.826. The van der Waals surface area contributed by atoms with Crippen molar-refractivity contribution in [2.45, 2.75) is 33.7 Å². The van der Waals surface area contributed by atoms with E-state index in [4.69, 9.17) is 0 Å². The molecule has 0 bridgehead atoms. The maximum atomic E-state index is 11.8. The molecule has 0 saturated heterocycles. The first-order valence-electron chi connectivity index (χ1n) is 6.82. The predicted octanol–water partition coefficient (Wildman–Crippen LogP) is 3.64. The lowest BCUT2D eigenvalue weighted by atomic mass is 9.87. The van der Waals surface area contributed by atoms with E-state index in [9.17, 15) is 9.59 Å². The summed E-state index contributed by atoms with van der Waals surface area (Å²) in [4.78, 5) is 23.5. The second-order valence-corrected chi connectivity index (χ2v) is 7.19. The number of hydrogen-bond acceptors (Lipinski definition) is 4. The normalized spacial score (nSPS) is 13.2. The van der Waals surface area contributed by atoms with Crippen LogP contribution in [0.5, 0.6) is 0 Å². The molecular formula is C16H19BrN2O2. The molecule has 0 fully saturated rings. The van der Waals surface area contributed by atoms with Crippen molar-refractivity contribution in [1.29, 1.82) is 0 Å². The Kier molecular flexibility index (Phi) is 4.23. The van der Waals surface area contributed by atoms with Crippen LogP contribution in [0.3, 0.4) is 0 Å². The van der Waals surface area contributed by atoms with Crippen molar-refractivity contribution in [3.05, 3.63) is 49.2 Å². The van der Waals surface area contributed by atoms with Gasteiger partial charge in [0.1, 0.15) is 11.4 Å². The third-order valence-electron chi connectivity index (χ3n) is 3.68. The van der Waals surface area contributed by atoms with Crippen molar-refractivity contribution in [3.63, 3.8) is 0 Å². The monoisotopic (exact) mass is 350 g/mol. The van der Waals surface area contributed by atoms with Gasteiger partial charge in [-0.25, -0.2) is 0 Å². The highest BCUT2D eigenvalue weighted by atomic mass is 79.9. The summed E-state index contributed by atoms with van der Waals surface area (Å²) >= 11 is 3.36. The lowest BCUT2D eigenvalue weighted by Gasteiger charge is -2.30. The van der Waals surface area contributed by atoms with Gasteiger partial charge in [0.15, 0.2) is 0 Å². The third-order valence-corrected chi connectivity index (χ3v) is 4.21. The molecule has 0 heterocycles. The molecule has 0 amide bonds. The number of anilines is 3. The van der Waals surface area contributed by atoms with Gasteiger partial charge in [-0.15, -0.1) is 0 Å². The van der Waals surface area contributed by atoms with Crippen LogP contribution in [0.2, 0.25) is 0 Å². The second-order valence-electron chi connectivity index (χ2n) is 6.27. The first-order valence-corrected chi connectivity index (χ1v) is 7.62. The van der Waals surface area contributed by atoms with Crippen LogP contribution in [0.25, 0.3) is 0 Å². The summed E-state index contributed by atoms with van der Waals surface area (Å²) in [5.41, 5.74) is 0.571. The fourth-order valence-electron chi connectivity index (χ4n) is 1.76. The van der Waals surface area contributed by atoms with E-state index >= 15 is 0 Å². The molecule has 21 heavy (non-hydrogen) atoms. The van der Waals surface area contributed by atoms with Gasteiger partial charge in [0.25, 0.3) is 10.9 Å². The molecule has 1 unspecified atom stereocenters. The van der Waals surface area contributed by atoms with Gasteiger partial charge in [0.05, 0.1) is 0 Å². The fourth-order valence-corrected chi connectivity index (χ4v) is 2.02. The molecule has 4 nitrogen and oxygen atoms in total. The Bertz CT molecular complexity index is 707. The maximum Gasteiger partial charge on any atom is 0.253 e. The van der Waals surface area contributed by atoms with E-state index < -0.39 is 10.9 Å². The summed E-state index contributed by atoms with van der Waals surface area (Å²) in [7, 11) is 0. The van der Waals surface area contributed by atoms with E-state index in [1.165, 1.54) is 0 Å². The molecule has 2 aromatic carbocycles. The van der Waals surface area contributed by atoms with Crippen molar-refractivity contribution in [2.24, 2.45) is 5.41 Å². The lowest BCUT2D eigenvalue weighted by molar-refractivity contribution is 0.359. The Morgan fingerprint density at radius 2 is 1.52 bits per heavy atom. The minimum atomic E-state index is -0.471. The summed E-state index contributed by atoms with van der Waals surface area (Å²) in [6, 6.07) is 7.51. The number of hydrogen-bond donors (Lipinski definition) is 2. The molecule has 0 spiro atoms. The number of rotatable bonds is 4. The average Bonchev–Trinajstić information content (AvgIpc) is 2.42. The summed E-state index contributed by atoms with van der Waals surface area (Å²) in [5, 5.41) is 6.17. The Labute approximate surface area is 132 Å².